The van der Waals surface area contributed by atoms with Crippen LogP contribution in [0.5, 0.6) is 0 Å². The second-order valence-electron chi connectivity index (χ2n) is 11.5. The number of benzene rings is 8. The van der Waals surface area contributed by atoms with E-state index in [9.17, 15) is 0 Å². The highest BCUT2D eigenvalue weighted by Gasteiger charge is 2.24. The minimum atomic E-state index is 0.767. The molecule has 0 spiro atoms. The summed E-state index contributed by atoms with van der Waals surface area (Å²) in [6.45, 7) is 0. The van der Waals surface area contributed by atoms with Crippen molar-refractivity contribution in [3.8, 4) is 28.3 Å². The van der Waals surface area contributed by atoms with E-state index in [1.165, 1.54) is 54.3 Å². The summed E-state index contributed by atoms with van der Waals surface area (Å²) in [6, 6.07) is 56.7. The van der Waals surface area contributed by atoms with Crippen LogP contribution in [0.4, 0.5) is 0 Å². The first-order chi connectivity index (χ1) is 21.8. The predicted octanol–water partition coefficient (Wildman–Crippen LogP) is 10.8. The van der Waals surface area contributed by atoms with Crippen molar-refractivity contribution in [2.75, 3.05) is 0 Å². The van der Waals surface area contributed by atoms with Crippen LogP contribution in [0, 0.1) is 0 Å². The maximum absolute atomic E-state index is 5.52. The minimum Gasteiger partial charge on any atom is -0.296 e. The fraction of sp³-hybridized carbons (Fsp3) is 0.0238. The van der Waals surface area contributed by atoms with Gasteiger partial charge in [0.25, 0.3) is 0 Å². The van der Waals surface area contributed by atoms with Crippen molar-refractivity contribution >= 4 is 43.1 Å². The van der Waals surface area contributed by atoms with E-state index in [1.54, 1.807) is 0 Å². The van der Waals surface area contributed by atoms with Crippen LogP contribution in [0.2, 0.25) is 0 Å². The van der Waals surface area contributed by atoms with Crippen molar-refractivity contribution in [1.82, 2.24) is 9.55 Å². The number of aromatic nitrogens is 2. The zero-order valence-electron chi connectivity index (χ0n) is 24.1. The molecule has 9 rings (SSSR count). The molecule has 8 aromatic carbocycles. The minimum absolute atomic E-state index is 0.767. The maximum Gasteiger partial charge on any atom is 0.146 e. The molecule has 9 aromatic rings. The Bertz CT molecular complexity index is 2390. The molecule has 1 aromatic heterocycles. The third-order valence-electron chi connectivity index (χ3n) is 9.02. The third-order valence-corrected chi connectivity index (χ3v) is 9.02. The molecule has 0 unspecified atom stereocenters. The Morgan fingerprint density at radius 3 is 1.73 bits per heavy atom. The number of rotatable bonds is 5. The van der Waals surface area contributed by atoms with E-state index in [0.717, 1.165) is 34.8 Å². The van der Waals surface area contributed by atoms with E-state index in [0.29, 0.717) is 0 Å². The van der Waals surface area contributed by atoms with Crippen molar-refractivity contribution in [3.05, 3.63) is 169 Å². The molecule has 0 amide bonds. The van der Waals surface area contributed by atoms with Crippen LogP contribution in [-0.2, 0) is 6.42 Å². The smallest absolute Gasteiger partial charge is 0.146 e. The van der Waals surface area contributed by atoms with Crippen molar-refractivity contribution in [3.63, 3.8) is 0 Å². The summed E-state index contributed by atoms with van der Waals surface area (Å²) in [5.74, 6) is 0.960. The van der Waals surface area contributed by atoms with E-state index in [1.807, 2.05) is 0 Å². The molecule has 0 fully saturated rings. The lowest BCUT2D eigenvalue weighted by Gasteiger charge is -2.18. The summed E-state index contributed by atoms with van der Waals surface area (Å²) < 4.78 is 2.39. The lowest BCUT2D eigenvalue weighted by molar-refractivity contribution is 0.964. The fourth-order valence-corrected chi connectivity index (χ4v) is 7.11. The number of fused-ring (bicyclic) bond motifs is 2. The zero-order chi connectivity index (χ0) is 29.0. The summed E-state index contributed by atoms with van der Waals surface area (Å²) in [5, 5.41) is 10.3. The lowest BCUT2D eigenvalue weighted by atomic mass is 9.88. The molecule has 44 heavy (non-hydrogen) atoms. The van der Waals surface area contributed by atoms with Gasteiger partial charge in [-0.2, -0.15) is 0 Å². The molecule has 0 saturated heterocycles. The second kappa shape index (κ2) is 9.93. The fourth-order valence-electron chi connectivity index (χ4n) is 7.11. The Balaban J connectivity index is 1.40. The monoisotopic (exact) mass is 560 g/mol. The molecular formula is C42H28N2. The molecule has 1 heterocycles. The molecule has 0 radical (unpaired) electrons. The van der Waals surface area contributed by atoms with Gasteiger partial charge in [0.1, 0.15) is 5.82 Å². The van der Waals surface area contributed by atoms with Gasteiger partial charge in [0.15, 0.2) is 0 Å². The van der Waals surface area contributed by atoms with Crippen molar-refractivity contribution in [2.45, 2.75) is 6.42 Å². The largest absolute Gasteiger partial charge is 0.296 e. The van der Waals surface area contributed by atoms with Gasteiger partial charge >= 0.3 is 0 Å². The highest BCUT2D eigenvalue weighted by molar-refractivity contribution is 6.34. The molecule has 0 saturated carbocycles. The molecule has 0 bridgehead atoms. The molecule has 2 nitrogen and oxygen atoms in total. The SMILES string of the molecule is c1ccc(Cc2c(-c3ccccc3)nc(-c3ccc4c5cccc6cccc(c7cccc3c74)c65)n2-c2ccccc2)cc1. The van der Waals surface area contributed by atoms with E-state index >= 15 is 0 Å². The number of nitrogens with zero attached hydrogens (tertiary/aromatic N) is 2. The van der Waals surface area contributed by atoms with Gasteiger partial charge in [0.2, 0.25) is 0 Å². The zero-order valence-corrected chi connectivity index (χ0v) is 24.1. The Kier molecular flexibility index (Phi) is 5.60. The van der Waals surface area contributed by atoms with Gasteiger partial charge in [-0.05, 0) is 66.9 Å². The van der Waals surface area contributed by atoms with Crippen LogP contribution < -0.4 is 0 Å². The average molecular weight is 561 g/mol. The van der Waals surface area contributed by atoms with Crippen LogP contribution in [0.15, 0.2) is 158 Å². The van der Waals surface area contributed by atoms with E-state index < -0.39 is 0 Å². The van der Waals surface area contributed by atoms with E-state index in [4.69, 9.17) is 4.98 Å². The standard InChI is InChI=1S/C42H28N2/c1-4-13-28(14-5-1)27-38-41(30-15-6-2-7-16-30)43-42(44(38)31-19-8-3-9-20-31)37-26-25-36-33-22-11-18-29-17-10-21-32(39(29)33)34-23-12-24-35(37)40(34)36/h1-26H,27H2. The quantitative estimate of drug-likeness (QED) is 0.151. The Hall–Kier alpha value is -5.73. The van der Waals surface area contributed by atoms with Crippen LogP contribution in [0.25, 0.3) is 71.4 Å². The van der Waals surface area contributed by atoms with Crippen molar-refractivity contribution in [2.24, 2.45) is 0 Å². The van der Waals surface area contributed by atoms with Crippen LogP contribution in [0.3, 0.4) is 0 Å². The van der Waals surface area contributed by atoms with Gasteiger partial charge in [-0.3, -0.25) is 4.57 Å². The Morgan fingerprint density at radius 2 is 1.02 bits per heavy atom. The number of hydrogen-bond donors (Lipinski definition) is 0. The van der Waals surface area contributed by atoms with Crippen molar-refractivity contribution in [1.29, 1.82) is 0 Å². The molecule has 0 aliphatic rings. The molecule has 0 N–H and O–H groups in total. The average Bonchev–Trinajstić information content (AvgIpc) is 3.46. The molecule has 206 valence electrons. The lowest BCUT2D eigenvalue weighted by Crippen LogP contribution is -2.04. The summed E-state index contributed by atoms with van der Waals surface area (Å²) >= 11 is 0. The highest BCUT2D eigenvalue weighted by atomic mass is 15.1. The third kappa shape index (κ3) is 3.78. The highest BCUT2D eigenvalue weighted by Crippen LogP contribution is 2.44. The predicted molar refractivity (Wildman–Crippen MR) is 185 cm³/mol. The van der Waals surface area contributed by atoms with Gasteiger partial charge in [-0.15, -0.1) is 0 Å². The topological polar surface area (TPSA) is 17.8 Å². The number of imidazole rings is 1. The maximum atomic E-state index is 5.52. The summed E-state index contributed by atoms with van der Waals surface area (Å²) in [4.78, 5) is 5.52. The molecule has 2 heteroatoms. The Morgan fingerprint density at radius 1 is 0.455 bits per heavy atom. The molecule has 0 aliphatic carbocycles. The van der Waals surface area contributed by atoms with Crippen molar-refractivity contribution < 1.29 is 0 Å². The second-order valence-corrected chi connectivity index (χ2v) is 11.5. The summed E-state index contributed by atoms with van der Waals surface area (Å²) in [7, 11) is 0. The first-order valence-electron chi connectivity index (χ1n) is 15.2. The van der Waals surface area contributed by atoms with Gasteiger partial charge in [-0.25, -0.2) is 4.98 Å². The van der Waals surface area contributed by atoms with Gasteiger partial charge in [-0.1, -0.05) is 140 Å². The Labute approximate surface area is 255 Å². The van der Waals surface area contributed by atoms with Gasteiger partial charge in [0.05, 0.1) is 11.4 Å². The molecular weight excluding hydrogens is 532 g/mol. The molecule has 0 atom stereocenters. The summed E-state index contributed by atoms with van der Waals surface area (Å²) in [5.41, 5.74) is 6.83. The normalized spacial score (nSPS) is 11.7. The first kappa shape index (κ1) is 24.8. The first-order valence-corrected chi connectivity index (χ1v) is 15.2. The van der Waals surface area contributed by atoms with Gasteiger partial charge < -0.3 is 0 Å². The number of hydrogen-bond acceptors (Lipinski definition) is 1. The van der Waals surface area contributed by atoms with Crippen LogP contribution >= 0.6 is 0 Å². The van der Waals surface area contributed by atoms with Crippen LogP contribution in [-0.4, -0.2) is 9.55 Å². The van der Waals surface area contributed by atoms with Crippen LogP contribution in [0.1, 0.15) is 11.3 Å². The number of para-hydroxylation sites is 1. The van der Waals surface area contributed by atoms with E-state index in [2.05, 4.69) is 162 Å². The van der Waals surface area contributed by atoms with Gasteiger partial charge in [0, 0.05) is 23.2 Å². The van der Waals surface area contributed by atoms with E-state index in [-0.39, 0.29) is 0 Å². The summed E-state index contributed by atoms with van der Waals surface area (Å²) in [6.07, 6.45) is 0.767. The molecule has 0 aliphatic heterocycles.